The van der Waals surface area contributed by atoms with Crippen LogP contribution in [0.1, 0.15) is 30.1 Å². The molecule has 0 radical (unpaired) electrons. The first-order valence-electron chi connectivity index (χ1n) is 6.32. The van der Waals surface area contributed by atoms with E-state index in [1.165, 1.54) is 17.0 Å². The Balaban J connectivity index is 2.84. The van der Waals surface area contributed by atoms with Gasteiger partial charge in [-0.3, -0.25) is 4.79 Å². The van der Waals surface area contributed by atoms with Crippen molar-refractivity contribution in [3.05, 3.63) is 29.8 Å². The number of nitrogens with two attached hydrogens (primary N) is 1. The highest BCUT2D eigenvalue weighted by atomic mass is 16.4. The molecular formula is C14H20N2O3. The van der Waals surface area contributed by atoms with Crippen LogP contribution in [0.2, 0.25) is 0 Å². The zero-order valence-corrected chi connectivity index (χ0v) is 11.3. The van der Waals surface area contributed by atoms with Crippen LogP contribution in [-0.2, 0) is 4.79 Å². The number of anilines is 1. The monoisotopic (exact) mass is 264 g/mol. The van der Waals surface area contributed by atoms with Gasteiger partial charge in [-0.2, -0.15) is 0 Å². The molecule has 5 nitrogen and oxygen atoms in total. The van der Waals surface area contributed by atoms with Gasteiger partial charge in [0.2, 0.25) is 5.91 Å². The van der Waals surface area contributed by atoms with Gasteiger partial charge in [0.05, 0.1) is 11.5 Å². The Bertz CT molecular complexity index is 443. The molecule has 0 saturated heterocycles. The average Bonchev–Trinajstić information content (AvgIpc) is 2.43. The van der Waals surface area contributed by atoms with Crippen molar-refractivity contribution in [3.63, 3.8) is 0 Å². The van der Waals surface area contributed by atoms with E-state index in [4.69, 9.17) is 10.8 Å². The molecule has 0 aliphatic carbocycles. The lowest BCUT2D eigenvalue weighted by Gasteiger charge is -2.22. The summed E-state index contributed by atoms with van der Waals surface area (Å²) in [4.78, 5) is 24.5. The number of hydrogen-bond acceptors (Lipinski definition) is 3. The lowest BCUT2D eigenvalue weighted by atomic mass is 10.0. The van der Waals surface area contributed by atoms with Crippen molar-refractivity contribution in [1.29, 1.82) is 0 Å². The number of nitrogens with zero attached hydrogens (tertiary/aromatic N) is 1. The summed E-state index contributed by atoms with van der Waals surface area (Å²) in [6, 6.07) is 6.22. The third kappa shape index (κ3) is 3.79. The highest BCUT2D eigenvalue weighted by molar-refractivity contribution is 5.95. The van der Waals surface area contributed by atoms with Gasteiger partial charge in [-0.1, -0.05) is 13.3 Å². The van der Waals surface area contributed by atoms with E-state index in [2.05, 4.69) is 0 Å². The summed E-state index contributed by atoms with van der Waals surface area (Å²) in [6.45, 7) is 2.34. The van der Waals surface area contributed by atoms with Crippen molar-refractivity contribution < 1.29 is 14.7 Å². The van der Waals surface area contributed by atoms with Crippen LogP contribution in [0, 0.1) is 5.92 Å². The summed E-state index contributed by atoms with van der Waals surface area (Å²) in [5.41, 5.74) is 6.49. The number of rotatable bonds is 6. The van der Waals surface area contributed by atoms with Crippen molar-refractivity contribution in [2.24, 2.45) is 11.7 Å². The van der Waals surface area contributed by atoms with Gasteiger partial charge in [0.1, 0.15) is 0 Å². The van der Waals surface area contributed by atoms with Gasteiger partial charge < -0.3 is 15.7 Å². The molecule has 3 N–H and O–H groups in total. The fraction of sp³-hybridized carbons (Fsp3) is 0.429. The molecule has 5 heteroatoms. The first kappa shape index (κ1) is 15.2. The molecule has 104 valence electrons. The molecule has 0 saturated carbocycles. The Morgan fingerprint density at radius 1 is 1.32 bits per heavy atom. The molecule has 19 heavy (non-hydrogen) atoms. The second-order valence-electron chi connectivity index (χ2n) is 4.47. The summed E-state index contributed by atoms with van der Waals surface area (Å²) in [6.07, 6.45) is 1.66. The fourth-order valence-electron chi connectivity index (χ4n) is 1.92. The van der Waals surface area contributed by atoms with E-state index in [0.29, 0.717) is 12.2 Å². The SMILES string of the molecule is CCCC(CN)C(=O)N(C)c1ccc(C(=O)O)cc1. The predicted molar refractivity (Wildman–Crippen MR) is 74.3 cm³/mol. The van der Waals surface area contributed by atoms with Crippen LogP contribution in [0.3, 0.4) is 0 Å². The Morgan fingerprint density at radius 2 is 1.89 bits per heavy atom. The van der Waals surface area contributed by atoms with Crippen molar-refractivity contribution in [3.8, 4) is 0 Å². The van der Waals surface area contributed by atoms with Crippen molar-refractivity contribution >= 4 is 17.6 Å². The molecule has 1 aromatic carbocycles. The highest BCUT2D eigenvalue weighted by Crippen LogP contribution is 2.18. The van der Waals surface area contributed by atoms with Crippen LogP contribution in [0.5, 0.6) is 0 Å². The van der Waals surface area contributed by atoms with Gasteiger partial charge in [-0.15, -0.1) is 0 Å². The first-order chi connectivity index (χ1) is 9.01. The normalized spacial score (nSPS) is 11.9. The maximum absolute atomic E-state index is 12.2. The van der Waals surface area contributed by atoms with E-state index in [9.17, 15) is 9.59 Å². The quantitative estimate of drug-likeness (QED) is 0.819. The van der Waals surface area contributed by atoms with E-state index in [1.807, 2.05) is 6.92 Å². The zero-order chi connectivity index (χ0) is 14.4. The van der Waals surface area contributed by atoms with Crippen LogP contribution in [0.25, 0.3) is 0 Å². The molecule has 0 aliphatic rings. The summed E-state index contributed by atoms with van der Waals surface area (Å²) in [5.74, 6) is -1.20. The molecule has 0 spiro atoms. The molecule has 0 aliphatic heterocycles. The summed E-state index contributed by atoms with van der Waals surface area (Å²) >= 11 is 0. The average molecular weight is 264 g/mol. The van der Waals surface area contributed by atoms with Crippen molar-refractivity contribution in [2.45, 2.75) is 19.8 Å². The second kappa shape index (κ2) is 6.89. The first-order valence-corrected chi connectivity index (χ1v) is 6.32. The van der Waals surface area contributed by atoms with Gasteiger partial charge in [-0.25, -0.2) is 4.79 Å². The van der Waals surface area contributed by atoms with Crippen LogP contribution in [0.4, 0.5) is 5.69 Å². The minimum Gasteiger partial charge on any atom is -0.478 e. The molecule has 1 amide bonds. The molecule has 0 aromatic heterocycles. The molecule has 1 atom stereocenters. The van der Waals surface area contributed by atoms with Crippen LogP contribution >= 0.6 is 0 Å². The van der Waals surface area contributed by atoms with Gasteiger partial charge in [0.25, 0.3) is 0 Å². The summed E-state index contributed by atoms with van der Waals surface area (Å²) < 4.78 is 0. The lowest BCUT2D eigenvalue weighted by molar-refractivity contribution is -0.122. The lowest BCUT2D eigenvalue weighted by Crippen LogP contribution is -2.36. The van der Waals surface area contributed by atoms with E-state index in [0.717, 1.165) is 12.8 Å². The number of benzene rings is 1. The predicted octanol–water partition coefficient (Wildman–Crippen LogP) is 1.72. The molecule has 1 aromatic rings. The van der Waals surface area contributed by atoms with E-state index >= 15 is 0 Å². The molecule has 0 heterocycles. The van der Waals surface area contributed by atoms with E-state index in [-0.39, 0.29) is 17.4 Å². The number of hydrogen-bond donors (Lipinski definition) is 2. The van der Waals surface area contributed by atoms with Gasteiger partial charge in [0.15, 0.2) is 0 Å². The molecule has 0 bridgehead atoms. The Hall–Kier alpha value is -1.88. The number of carboxylic acid groups (broad SMARTS) is 1. The standard InChI is InChI=1S/C14H20N2O3/c1-3-4-11(9-15)13(17)16(2)12-7-5-10(6-8-12)14(18)19/h5-8,11H,3-4,9,15H2,1-2H3,(H,18,19). The second-order valence-corrected chi connectivity index (χ2v) is 4.47. The Morgan fingerprint density at radius 3 is 2.32 bits per heavy atom. The number of carbonyl (C=O) groups is 2. The molecule has 1 unspecified atom stereocenters. The maximum atomic E-state index is 12.2. The van der Waals surface area contributed by atoms with Crippen molar-refractivity contribution in [2.75, 3.05) is 18.5 Å². The minimum absolute atomic E-state index is 0.0348. The van der Waals surface area contributed by atoms with Gasteiger partial charge in [0, 0.05) is 19.3 Å². The largest absolute Gasteiger partial charge is 0.478 e. The summed E-state index contributed by atoms with van der Waals surface area (Å²) in [5, 5.41) is 8.82. The van der Waals surface area contributed by atoms with E-state index in [1.54, 1.807) is 19.2 Å². The van der Waals surface area contributed by atoms with Gasteiger partial charge >= 0.3 is 5.97 Å². The molecular weight excluding hydrogens is 244 g/mol. The van der Waals surface area contributed by atoms with Crippen LogP contribution < -0.4 is 10.6 Å². The minimum atomic E-state index is -0.980. The summed E-state index contributed by atoms with van der Waals surface area (Å²) in [7, 11) is 1.68. The third-order valence-corrected chi connectivity index (χ3v) is 3.10. The number of amides is 1. The number of carboxylic acids is 1. The third-order valence-electron chi connectivity index (χ3n) is 3.10. The molecule has 1 rings (SSSR count). The topological polar surface area (TPSA) is 83.6 Å². The zero-order valence-electron chi connectivity index (χ0n) is 11.3. The number of aromatic carboxylic acids is 1. The van der Waals surface area contributed by atoms with Crippen LogP contribution in [-0.4, -0.2) is 30.6 Å². The van der Waals surface area contributed by atoms with E-state index < -0.39 is 5.97 Å². The van der Waals surface area contributed by atoms with Gasteiger partial charge in [-0.05, 0) is 30.7 Å². The maximum Gasteiger partial charge on any atom is 0.335 e. The Kier molecular flexibility index (Phi) is 5.51. The van der Waals surface area contributed by atoms with Crippen molar-refractivity contribution in [1.82, 2.24) is 0 Å². The fourth-order valence-corrected chi connectivity index (χ4v) is 1.92. The van der Waals surface area contributed by atoms with Crippen LogP contribution in [0.15, 0.2) is 24.3 Å². The number of carbonyl (C=O) groups excluding carboxylic acids is 1. The Labute approximate surface area is 113 Å². The molecule has 0 fully saturated rings. The highest BCUT2D eigenvalue weighted by Gasteiger charge is 2.20. The smallest absolute Gasteiger partial charge is 0.335 e.